The number of rotatable bonds is 7. The highest BCUT2D eigenvalue weighted by Gasteiger charge is 2.23. The van der Waals surface area contributed by atoms with Crippen LogP contribution in [0.3, 0.4) is 0 Å². The van der Waals surface area contributed by atoms with E-state index >= 15 is 0 Å². The largest absolute Gasteiger partial charge is 0.467 e. The highest BCUT2D eigenvalue weighted by molar-refractivity contribution is 5.94. The first kappa shape index (κ1) is 20.4. The quantitative estimate of drug-likeness (QED) is 0.583. The van der Waals surface area contributed by atoms with Gasteiger partial charge in [-0.3, -0.25) is 9.69 Å². The van der Waals surface area contributed by atoms with Crippen molar-refractivity contribution < 1.29 is 18.4 Å². The summed E-state index contributed by atoms with van der Waals surface area (Å²) in [5.41, 5.74) is 1.84. The molecule has 0 bridgehead atoms. The molecule has 1 aliphatic rings. The van der Waals surface area contributed by atoms with Gasteiger partial charge in [0.15, 0.2) is 0 Å². The van der Waals surface area contributed by atoms with E-state index < -0.39 is 0 Å². The van der Waals surface area contributed by atoms with Gasteiger partial charge in [-0.1, -0.05) is 12.1 Å². The lowest BCUT2D eigenvalue weighted by Crippen LogP contribution is -2.44. The molecule has 0 aliphatic carbocycles. The summed E-state index contributed by atoms with van der Waals surface area (Å²) in [5, 5.41) is 0. The fraction of sp³-hybridized carbons (Fsp3) is 0.375. The Bertz CT molecular complexity index is 873. The molecule has 1 aromatic carbocycles. The molecule has 1 aliphatic heterocycles. The number of carbonyl (C=O) groups excluding carboxylic acids is 1. The lowest BCUT2D eigenvalue weighted by molar-refractivity contribution is -0.0704. The third-order valence-electron chi connectivity index (χ3n) is 5.24. The van der Waals surface area contributed by atoms with Crippen LogP contribution in [-0.4, -0.2) is 41.0 Å². The first-order valence-electron chi connectivity index (χ1n) is 10.4. The molecule has 30 heavy (non-hydrogen) atoms. The average molecular weight is 408 g/mol. The van der Waals surface area contributed by atoms with Crippen LogP contribution >= 0.6 is 0 Å². The van der Waals surface area contributed by atoms with Crippen LogP contribution in [0.15, 0.2) is 69.9 Å². The molecule has 6 nitrogen and oxygen atoms in total. The normalized spacial score (nSPS) is 19.7. The summed E-state index contributed by atoms with van der Waals surface area (Å²) in [6.07, 6.45) is 3.72. The number of hydrogen-bond acceptors (Lipinski definition) is 5. The average Bonchev–Trinajstić information content (AvgIpc) is 3.41. The van der Waals surface area contributed by atoms with Crippen molar-refractivity contribution in [1.82, 2.24) is 9.80 Å². The maximum Gasteiger partial charge on any atom is 0.254 e. The first-order valence-corrected chi connectivity index (χ1v) is 10.4. The fourth-order valence-corrected chi connectivity index (χ4v) is 3.99. The van der Waals surface area contributed by atoms with Gasteiger partial charge in [-0.25, -0.2) is 0 Å². The summed E-state index contributed by atoms with van der Waals surface area (Å²) in [6.45, 7) is 7.69. The Labute approximate surface area is 177 Å². The molecule has 4 rings (SSSR count). The summed E-state index contributed by atoms with van der Waals surface area (Å²) in [7, 11) is 0. The van der Waals surface area contributed by atoms with Crippen LogP contribution in [0.5, 0.6) is 0 Å². The Morgan fingerprint density at radius 3 is 2.00 bits per heavy atom. The summed E-state index contributed by atoms with van der Waals surface area (Å²) in [4.78, 5) is 17.3. The number of carbonyl (C=O) groups is 1. The van der Waals surface area contributed by atoms with Crippen molar-refractivity contribution >= 4 is 5.91 Å². The first-order chi connectivity index (χ1) is 14.6. The van der Waals surface area contributed by atoms with Crippen LogP contribution < -0.4 is 0 Å². The Morgan fingerprint density at radius 1 is 0.933 bits per heavy atom. The van der Waals surface area contributed by atoms with Gasteiger partial charge in [-0.2, -0.15) is 0 Å². The van der Waals surface area contributed by atoms with Crippen LogP contribution in [-0.2, 0) is 24.4 Å². The number of benzene rings is 1. The van der Waals surface area contributed by atoms with Gasteiger partial charge in [0.1, 0.15) is 11.5 Å². The minimum absolute atomic E-state index is 0.0528. The molecule has 3 heterocycles. The maximum absolute atomic E-state index is 13.2. The van der Waals surface area contributed by atoms with Crippen LogP contribution in [0, 0.1) is 0 Å². The second-order valence-corrected chi connectivity index (χ2v) is 7.97. The molecule has 2 aromatic heterocycles. The Morgan fingerprint density at radius 2 is 1.50 bits per heavy atom. The molecule has 1 saturated heterocycles. The van der Waals surface area contributed by atoms with Crippen LogP contribution in [0.25, 0.3) is 0 Å². The van der Waals surface area contributed by atoms with Crippen LogP contribution in [0.4, 0.5) is 0 Å². The Kier molecular flexibility index (Phi) is 6.35. The molecule has 158 valence electrons. The minimum Gasteiger partial charge on any atom is -0.467 e. The lowest BCUT2D eigenvalue weighted by Gasteiger charge is -2.35. The van der Waals surface area contributed by atoms with Crippen molar-refractivity contribution in [3.63, 3.8) is 0 Å². The second-order valence-electron chi connectivity index (χ2n) is 7.97. The van der Waals surface area contributed by atoms with E-state index in [1.807, 2.05) is 48.5 Å². The van der Waals surface area contributed by atoms with Gasteiger partial charge in [-0.15, -0.1) is 0 Å². The molecular formula is C24H28N2O4. The zero-order valence-electron chi connectivity index (χ0n) is 17.5. The summed E-state index contributed by atoms with van der Waals surface area (Å²) in [5.74, 6) is 1.42. The maximum atomic E-state index is 13.2. The van der Waals surface area contributed by atoms with Crippen LogP contribution in [0.1, 0.15) is 41.3 Å². The minimum atomic E-state index is -0.0528. The highest BCUT2D eigenvalue weighted by atomic mass is 16.5. The third kappa shape index (κ3) is 5.20. The molecule has 1 amide bonds. The van der Waals surface area contributed by atoms with E-state index in [0.29, 0.717) is 18.7 Å². The van der Waals surface area contributed by atoms with Crippen molar-refractivity contribution in [2.75, 3.05) is 13.1 Å². The van der Waals surface area contributed by atoms with Crippen molar-refractivity contribution in [3.05, 3.63) is 83.7 Å². The van der Waals surface area contributed by atoms with Gasteiger partial charge in [0.05, 0.1) is 37.8 Å². The fourth-order valence-electron chi connectivity index (χ4n) is 3.99. The van der Waals surface area contributed by atoms with E-state index in [0.717, 1.165) is 31.2 Å². The molecule has 0 saturated carbocycles. The highest BCUT2D eigenvalue weighted by Crippen LogP contribution is 2.18. The van der Waals surface area contributed by atoms with Crippen molar-refractivity contribution in [2.24, 2.45) is 0 Å². The SMILES string of the molecule is CC1CN(Cc2ccc(C(=O)N(Cc3ccco3)Cc3ccco3)cc2)CC(C)O1. The third-order valence-corrected chi connectivity index (χ3v) is 5.24. The molecule has 0 spiro atoms. The van der Waals surface area contributed by atoms with Gasteiger partial charge in [-0.05, 0) is 55.8 Å². The van der Waals surface area contributed by atoms with Crippen molar-refractivity contribution in [3.8, 4) is 0 Å². The van der Waals surface area contributed by atoms with Gasteiger partial charge in [0, 0.05) is 25.2 Å². The molecule has 0 radical (unpaired) electrons. The Hall–Kier alpha value is -2.83. The summed E-state index contributed by atoms with van der Waals surface area (Å²) >= 11 is 0. The van der Waals surface area contributed by atoms with Crippen molar-refractivity contribution in [2.45, 2.75) is 45.7 Å². The number of morpholine rings is 1. The van der Waals surface area contributed by atoms with E-state index in [4.69, 9.17) is 13.6 Å². The predicted octanol–water partition coefficient (Wildman–Crippen LogP) is 4.32. The van der Waals surface area contributed by atoms with E-state index in [9.17, 15) is 4.79 Å². The molecule has 0 N–H and O–H groups in total. The number of furan rings is 2. The monoisotopic (exact) mass is 408 g/mol. The molecule has 3 aromatic rings. The van der Waals surface area contributed by atoms with Crippen molar-refractivity contribution in [1.29, 1.82) is 0 Å². The predicted molar refractivity (Wildman–Crippen MR) is 113 cm³/mol. The number of nitrogens with zero attached hydrogens (tertiary/aromatic N) is 2. The standard InChI is InChI=1S/C24H28N2O4/c1-18-13-25(14-19(2)30-18)15-20-7-9-21(10-8-20)24(27)26(16-22-5-3-11-28-22)17-23-6-4-12-29-23/h3-12,18-19H,13-17H2,1-2H3. The molecule has 2 atom stereocenters. The zero-order chi connectivity index (χ0) is 20.9. The lowest BCUT2D eigenvalue weighted by atomic mass is 10.1. The molecule has 1 fully saturated rings. The number of ether oxygens (including phenoxy) is 1. The van der Waals surface area contributed by atoms with E-state index in [2.05, 4.69) is 18.7 Å². The van der Waals surface area contributed by atoms with Crippen LogP contribution in [0.2, 0.25) is 0 Å². The van der Waals surface area contributed by atoms with E-state index in [1.165, 1.54) is 5.56 Å². The summed E-state index contributed by atoms with van der Waals surface area (Å²) in [6, 6.07) is 15.3. The Balaban J connectivity index is 1.44. The topological polar surface area (TPSA) is 59.1 Å². The summed E-state index contributed by atoms with van der Waals surface area (Å²) < 4.78 is 16.7. The second kappa shape index (κ2) is 9.32. The van der Waals surface area contributed by atoms with Gasteiger partial charge >= 0.3 is 0 Å². The smallest absolute Gasteiger partial charge is 0.254 e. The zero-order valence-corrected chi connectivity index (χ0v) is 17.5. The van der Waals surface area contributed by atoms with Gasteiger partial charge in [0.2, 0.25) is 0 Å². The van der Waals surface area contributed by atoms with Gasteiger partial charge < -0.3 is 18.5 Å². The van der Waals surface area contributed by atoms with E-state index in [1.54, 1.807) is 17.4 Å². The number of hydrogen-bond donors (Lipinski definition) is 0. The molecule has 6 heteroatoms. The van der Waals surface area contributed by atoms with E-state index in [-0.39, 0.29) is 18.1 Å². The number of amides is 1. The van der Waals surface area contributed by atoms with Gasteiger partial charge in [0.25, 0.3) is 5.91 Å². The molecule has 2 unspecified atom stereocenters. The molecular weight excluding hydrogens is 380 g/mol.